The minimum Gasteiger partial charge on any atom is -0.481 e. The number of aryl methyl sites for hydroxylation is 1. The lowest BCUT2D eigenvalue weighted by Gasteiger charge is -1.99. The Balaban J connectivity index is 1.83. The third kappa shape index (κ3) is 4.15. The summed E-state index contributed by atoms with van der Waals surface area (Å²) in [5, 5.41) is 16.6. The van der Waals surface area contributed by atoms with Crippen LogP contribution < -0.4 is 0 Å². The maximum atomic E-state index is 12.8. The fourth-order valence-electron chi connectivity index (χ4n) is 1.89. The maximum Gasteiger partial charge on any atom is 0.303 e. The molecule has 20 heavy (non-hydrogen) atoms. The highest BCUT2D eigenvalue weighted by atomic mass is 19.1. The molecule has 106 valence electrons. The van der Waals surface area contributed by atoms with E-state index >= 15 is 0 Å². The van der Waals surface area contributed by atoms with Gasteiger partial charge in [0.15, 0.2) is 0 Å². The molecule has 0 saturated carbocycles. The van der Waals surface area contributed by atoms with Gasteiger partial charge >= 0.3 is 5.97 Å². The molecular weight excluding hydrogens is 261 g/mol. The molecule has 0 spiro atoms. The van der Waals surface area contributed by atoms with E-state index in [4.69, 9.17) is 5.11 Å². The van der Waals surface area contributed by atoms with Crippen LogP contribution in [0.5, 0.6) is 0 Å². The molecule has 0 aliphatic heterocycles. The van der Waals surface area contributed by atoms with Gasteiger partial charge in [-0.15, -0.1) is 5.10 Å². The molecule has 1 aromatic carbocycles. The van der Waals surface area contributed by atoms with Gasteiger partial charge in [0.2, 0.25) is 0 Å². The number of carboxylic acids is 1. The number of nitrogens with zero attached hydrogens (tertiary/aromatic N) is 3. The fraction of sp³-hybridized carbons (Fsp3) is 0.357. The fourth-order valence-corrected chi connectivity index (χ4v) is 1.89. The van der Waals surface area contributed by atoms with Crippen molar-refractivity contribution in [2.75, 3.05) is 0 Å². The van der Waals surface area contributed by atoms with Gasteiger partial charge in [-0.3, -0.25) is 9.48 Å². The van der Waals surface area contributed by atoms with Crippen LogP contribution in [0.2, 0.25) is 0 Å². The number of rotatable bonds is 7. The molecule has 0 unspecified atom stereocenters. The molecule has 5 nitrogen and oxygen atoms in total. The van der Waals surface area contributed by atoms with Crippen molar-refractivity contribution in [2.24, 2.45) is 0 Å². The van der Waals surface area contributed by atoms with Crippen molar-refractivity contribution in [1.82, 2.24) is 15.0 Å². The number of hydrogen-bond donors (Lipinski definition) is 1. The molecule has 0 saturated heterocycles. The first-order valence-electron chi connectivity index (χ1n) is 6.53. The first-order valence-corrected chi connectivity index (χ1v) is 6.53. The number of hydrogen-bond acceptors (Lipinski definition) is 3. The van der Waals surface area contributed by atoms with Gasteiger partial charge in [-0.1, -0.05) is 11.6 Å². The quantitative estimate of drug-likeness (QED) is 0.790. The summed E-state index contributed by atoms with van der Waals surface area (Å²) < 4.78 is 14.5. The van der Waals surface area contributed by atoms with Gasteiger partial charge in [-0.25, -0.2) is 4.39 Å². The number of aromatic nitrogens is 3. The molecular formula is C14H16FN3O2. The number of benzene rings is 1. The number of carbonyl (C=O) groups is 1. The first-order chi connectivity index (χ1) is 9.65. The molecule has 0 bridgehead atoms. The Morgan fingerprint density at radius 1 is 1.20 bits per heavy atom. The number of unbranched alkanes of at least 4 members (excludes halogenated alkanes) is 2. The van der Waals surface area contributed by atoms with Crippen molar-refractivity contribution in [3.63, 3.8) is 0 Å². The Labute approximate surface area is 116 Å². The third-order valence-electron chi connectivity index (χ3n) is 2.96. The van der Waals surface area contributed by atoms with Crippen molar-refractivity contribution in [3.05, 3.63) is 36.3 Å². The molecule has 2 rings (SSSR count). The predicted molar refractivity (Wildman–Crippen MR) is 71.5 cm³/mol. The van der Waals surface area contributed by atoms with Gasteiger partial charge in [0.05, 0.1) is 6.20 Å². The standard InChI is InChI=1S/C14H16FN3O2/c15-12-7-5-11(6-8-12)13-10-18(17-16-13)9-3-1-2-4-14(19)20/h5-8,10H,1-4,9H2,(H,19,20). The van der Waals surface area contributed by atoms with E-state index in [1.165, 1.54) is 12.1 Å². The monoisotopic (exact) mass is 277 g/mol. The van der Waals surface area contributed by atoms with Gasteiger partial charge in [0, 0.05) is 18.5 Å². The lowest BCUT2D eigenvalue weighted by molar-refractivity contribution is -0.137. The summed E-state index contributed by atoms with van der Waals surface area (Å²) in [6.07, 6.45) is 4.40. The number of carboxylic acid groups (broad SMARTS) is 1. The van der Waals surface area contributed by atoms with Crippen molar-refractivity contribution in [1.29, 1.82) is 0 Å². The van der Waals surface area contributed by atoms with E-state index in [-0.39, 0.29) is 12.2 Å². The summed E-state index contributed by atoms with van der Waals surface area (Å²) in [7, 11) is 0. The minimum atomic E-state index is -0.760. The van der Waals surface area contributed by atoms with Crippen LogP contribution in [0, 0.1) is 5.82 Å². The van der Waals surface area contributed by atoms with Crippen LogP contribution in [-0.4, -0.2) is 26.1 Å². The van der Waals surface area contributed by atoms with Crippen molar-refractivity contribution >= 4 is 5.97 Å². The van der Waals surface area contributed by atoms with E-state index in [9.17, 15) is 9.18 Å². The summed E-state index contributed by atoms with van der Waals surface area (Å²) >= 11 is 0. The van der Waals surface area contributed by atoms with Gasteiger partial charge in [0.1, 0.15) is 11.5 Å². The Morgan fingerprint density at radius 2 is 1.95 bits per heavy atom. The molecule has 0 amide bonds. The van der Waals surface area contributed by atoms with Crippen molar-refractivity contribution in [3.8, 4) is 11.3 Å². The second-order valence-corrected chi connectivity index (χ2v) is 4.58. The summed E-state index contributed by atoms with van der Waals surface area (Å²) in [5.41, 5.74) is 1.53. The van der Waals surface area contributed by atoms with Gasteiger partial charge in [-0.2, -0.15) is 0 Å². The molecule has 0 aliphatic carbocycles. The second-order valence-electron chi connectivity index (χ2n) is 4.58. The zero-order chi connectivity index (χ0) is 14.4. The summed E-state index contributed by atoms with van der Waals surface area (Å²) in [6, 6.07) is 6.10. The molecule has 1 N–H and O–H groups in total. The normalized spacial score (nSPS) is 10.7. The highest BCUT2D eigenvalue weighted by molar-refractivity contribution is 5.66. The molecule has 0 atom stereocenters. The van der Waals surface area contributed by atoms with Crippen LogP contribution >= 0.6 is 0 Å². The SMILES string of the molecule is O=C(O)CCCCCn1cc(-c2ccc(F)cc2)nn1. The topological polar surface area (TPSA) is 68.0 Å². The minimum absolute atomic E-state index is 0.207. The lowest BCUT2D eigenvalue weighted by Crippen LogP contribution is -2.00. The van der Waals surface area contributed by atoms with E-state index in [0.717, 1.165) is 18.4 Å². The summed E-state index contributed by atoms with van der Waals surface area (Å²) in [4.78, 5) is 10.4. The Kier molecular flexibility index (Phi) is 4.81. The molecule has 6 heteroatoms. The predicted octanol–water partition coefficient (Wildman–Crippen LogP) is 2.73. The average molecular weight is 277 g/mol. The van der Waals surface area contributed by atoms with E-state index in [2.05, 4.69) is 10.3 Å². The highest BCUT2D eigenvalue weighted by Gasteiger charge is 2.04. The van der Waals surface area contributed by atoms with Gasteiger partial charge in [0.25, 0.3) is 0 Å². The molecule has 2 aromatic rings. The largest absolute Gasteiger partial charge is 0.481 e. The van der Waals surface area contributed by atoms with Gasteiger partial charge in [-0.05, 0) is 37.1 Å². The Bertz CT molecular complexity index is 566. The van der Waals surface area contributed by atoms with E-state index in [1.54, 1.807) is 16.8 Å². The number of halogens is 1. The highest BCUT2D eigenvalue weighted by Crippen LogP contribution is 2.16. The lowest BCUT2D eigenvalue weighted by atomic mass is 10.2. The second kappa shape index (κ2) is 6.79. The van der Waals surface area contributed by atoms with E-state index < -0.39 is 5.97 Å². The molecule has 0 radical (unpaired) electrons. The molecule has 1 aromatic heterocycles. The van der Waals surface area contributed by atoms with Crippen molar-refractivity contribution in [2.45, 2.75) is 32.2 Å². The zero-order valence-corrected chi connectivity index (χ0v) is 11.0. The van der Waals surface area contributed by atoms with Crippen LogP contribution in [0.1, 0.15) is 25.7 Å². The Morgan fingerprint density at radius 3 is 2.65 bits per heavy atom. The molecule has 0 fully saturated rings. The van der Waals surface area contributed by atoms with Crippen LogP contribution in [0.4, 0.5) is 4.39 Å². The van der Waals surface area contributed by atoms with Crippen LogP contribution in [-0.2, 0) is 11.3 Å². The summed E-state index contributed by atoms with van der Waals surface area (Å²) in [5.74, 6) is -1.04. The Hall–Kier alpha value is -2.24. The van der Waals surface area contributed by atoms with Crippen molar-refractivity contribution < 1.29 is 14.3 Å². The first kappa shape index (κ1) is 14.2. The van der Waals surface area contributed by atoms with Crippen LogP contribution in [0.15, 0.2) is 30.5 Å². The third-order valence-corrected chi connectivity index (χ3v) is 2.96. The van der Waals surface area contributed by atoms with E-state index in [0.29, 0.717) is 18.7 Å². The maximum absolute atomic E-state index is 12.8. The smallest absolute Gasteiger partial charge is 0.303 e. The van der Waals surface area contributed by atoms with E-state index in [1.807, 2.05) is 6.20 Å². The van der Waals surface area contributed by atoms with Crippen LogP contribution in [0.25, 0.3) is 11.3 Å². The molecule has 0 aliphatic rings. The molecule has 1 heterocycles. The zero-order valence-electron chi connectivity index (χ0n) is 11.0. The number of aliphatic carboxylic acids is 1. The van der Waals surface area contributed by atoms with Crippen LogP contribution in [0.3, 0.4) is 0 Å². The average Bonchev–Trinajstić information content (AvgIpc) is 2.87. The summed E-state index contributed by atoms with van der Waals surface area (Å²) in [6.45, 7) is 0.702. The van der Waals surface area contributed by atoms with Gasteiger partial charge < -0.3 is 5.11 Å².